The fourth-order valence-electron chi connectivity index (χ4n) is 2.51. The number of hydrogen-bond donors (Lipinski definition) is 1. The van der Waals surface area contributed by atoms with Gasteiger partial charge in [0.25, 0.3) is 0 Å². The Labute approximate surface area is 202 Å². The normalized spacial score (nSPS) is 11.9. The molecule has 0 aliphatic heterocycles. The fraction of sp³-hybridized carbons (Fsp3) is 0.308. The molecule has 32 heavy (non-hydrogen) atoms. The van der Waals surface area contributed by atoms with Gasteiger partial charge in [-0.25, -0.2) is 0 Å². The van der Waals surface area contributed by atoms with Crippen molar-refractivity contribution in [2.45, 2.75) is 41.5 Å². The van der Waals surface area contributed by atoms with Crippen LogP contribution in [0.3, 0.4) is 0 Å². The van der Waals surface area contributed by atoms with Gasteiger partial charge in [0.15, 0.2) is 5.78 Å². The van der Waals surface area contributed by atoms with E-state index in [1.165, 1.54) is 6.08 Å². The number of pyridine rings is 1. The Bertz CT molecular complexity index is 1110. The summed E-state index contributed by atoms with van der Waals surface area (Å²) in [5, 5.41) is 10.5. The van der Waals surface area contributed by atoms with E-state index in [1.807, 2.05) is 65.8 Å². The molecule has 0 aliphatic carbocycles. The quantitative estimate of drug-likeness (QED) is 0.190. The minimum absolute atomic E-state index is 0. The molecule has 1 heterocycles. The van der Waals surface area contributed by atoms with Gasteiger partial charge in [-0.15, -0.1) is 17.7 Å². The molecule has 0 bridgehead atoms. The summed E-state index contributed by atoms with van der Waals surface area (Å²) in [4.78, 5) is 15.7. The molecule has 174 valence electrons. The smallest absolute Gasteiger partial charge is 0.164 e. The van der Waals surface area contributed by atoms with Gasteiger partial charge in [-0.05, 0) is 11.5 Å². The number of para-hydroxylation sites is 1. The van der Waals surface area contributed by atoms with E-state index in [4.69, 9.17) is 0 Å². The third-order valence-electron chi connectivity index (χ3n) is 4.54. The van der Waals surface area contributed by atoms with Crippen LogP contribution in [0.2, 0.25) is 0 Å². The molecule has 0 saturated carbocycles. The van der Waals surface area contributed by atoms with Crippen molar-refractivity contribution in [3.63, 3.8) is 0 Å². The Balaban J connectivity index is 0.000000330. The SMILES string of the molecule is CC(C)(C)C(=O)/C=C(\O)C(C)(C)C.Fc1c[c-]c(-c2cccc3cccnc23)c(F)c1.[Pt]. The van der Waals surface area contributed by atoms with Gasteiger partial charge in [-0.1, -0.05) is 77.4 Å². The third kappa shape index (κ3) is 7.34. The molecule has 0 atom stereocenters. The van der Waals surface area contributed by atoms with Crippen LogP contribution in [0, 0.1) is 28.5 Å². The molecule has 3 nitrogen and oxygen atoms in total. The van der Waals surface area contributed by atoms with Crippen molar-refractivity contribution < 1.29 is 39.7 Å². The molecule has 3 rings (SSSR count). The number of nitrogens with zero attached hydrogens (tertiary/aromatic N) is 1. The van der Waals surface area contributed by atoms with Crippen LogP contribution in [0.5, 0.6) is 0 Å². The van der Waals surface area contributed by atoms with Crippen molar-refractivity contribution in [3.05, 3.63) is 78.2 Å². The number of ketones is 1. The van der Waals surface area contributed by atoms with E-state index >= 15 is 0 Å². The number of carbonyl (C=O) groups is 1. The van der Waals surface area contributed by atoms with Gasteiger partial charge in [-0.2, -0.15) is 0 Å². The van der Waals surface area contributed by atoms with E-state index in [-0.39, 0.29) is 43.6 Å². The maximum absolute atomic E-state index is 13.8. The number of hydrogen-bond acceptors (Lipinski definition) is 3. The average molecular weight is 620 g/mol. The maximum atomic E-state index is 13.8. The monoisotopic (exact) mass is 619 g/mol. The topological polar surface area (TPSA) is 50.2 Å². The van der Waals surface area contributed by atoms with Crippen LogP contribution >= 0.6 is 0 Å². The zero-order chi connectivity index (χ0) is 23.4. The van der Waals surface area contributed by atoms with E-state index in [9.17, 15) is 18.7 Å². The summed E-state index contributed by atoms with van der Waals surface area (Å²) in [6.07, 6.45) is 2.98. The van der Waals surface area contributed by atoms with Crippen molar-refractivity contribution in [1.29, 1.82) is 0 Å². The van der Waals surface area contributed by atoms with Crippen molar-refractivity contribution in [2.24, 2.45) is 10.8 Å². The summed E-state index contributed by atoms with van der Waals surface area (Å²) in [6.45, 7) is 11.1. The summed E-state index contributed by atoms with van der Waals surface area (Å²) >= 11 is 0. The van der Waals surface area contributed by atoms with Gasteiger partial charge in [0.2, 0.25) is 0 Å². The summed E-state index contributed by atoms with van der Waals surface area (Å²) in [6, 6.07) is 13.8. The van der Waals surface area contributed by atoms with Crippen LogP contribution < -0.4 is 0 Å². The van der Waals surface area contributed by atoms with Crippen molar-refractivity contribution in [1.82, 2.24) is 4.98 Å². The van der Waals surface area contributed by atoms with Gasteiger partial charge < -0.3 is 5.11 Å². The fourth-order valence-corrected chi connectivity index (χ4v) is 2.51. The summed E-state index contributed by atoms with van der Waals surface area (Å²) in [5.74, 6) is -1.16. The molecule has 0 radical (unpaired) electrons. The number of aromatic nitrogens is 1. The Morgan fingerprint density at radius 3 is 2.22 bits per heavy atom. The van der Waals surface area contributed by atoms with E-state index in [0.29, 0.717) is 11.1 Å². The molecule has 0 spiro atoms. The molecular formula is C26H28F2NO2Pt-. The Morgan fingerprint density at radius 2 is 1.66 bits per heavy atom. The Kier molecular flexibility index (Phi) is 9.47. The predicted molar refractivity (Wildman–Crippen MR) is 121 cm³/mol. The minimum Gasteiger partial charge on any atom is -0.512 e. The van der Waals surface area contributed by atoms with Crippen molar-refractivity contribution in [2.75, 3.05) is 0 Å². The molecule has 0 saturated heterocycles. The predicted octanol–water partition coefficient (Wildman–Crippen LogP) is 7.07. The van der Waals surface area contributed by atoms with Gasteiger partial charge in [0.05, 0.1) is 0 Å². The zero-order valence-electron chi connectivity index (χ0n) is 19.1. The van der Waals surface area contributed by atoms with Crippen LogP contribution in [0.4, 0.5) is 8.78 Å². The number of allylic oxidation sites excluding steroid dienone is 2. The van der Waals surface area contributed by atoms with Gasteiger partial charge >= 0.3 is 0 Å². The average Bonchev–Trinajstić information content (AvgIpc) is 2.67. The standard InChI is InChI=1S/C15H8F2N.C11H20O2.Pt/c16-11-6-7-12(14(17)9-11)13-5-1-3-10-4-2-8-18-15(10)13;1-10(2,3)8(12)7-9(13)11(4,5)6;/h1-6,8-9H;7,12H,1-6H3;/q-1;;/b;8-7-;. The molecule has 0 unspecified atom stereocenters. The zero-order valence-corrected chi connectivity index (χ0v) is 21.3. The van der Waals surface area contributed by atoms with Crippen molar-refractivity contribution in [3.8, 4) is 11.1 Å². The van der Waals surface area contributed by atoms with Gasteiger partial charge in [0.1, 0.15) is 5.76 Å². The maximum Gasteiger partial charge on any atom is 0.164 e. The third-order valence-corrected chi connectivity index (χ3v) is 4.54. The minimum atomic E-state index is -0.635. The van der Waals surface area contributed by atoms with Crippen LogP contribution in [-0.2, 0) is 25.9 Å². The molecule has 6 heteroatoms. The molecule has 1 N–H and O–H groups in total. The second kappa shape index (κ2) is 11.0. The number of carbonyl (C=O) groups excluding carboxylic acids is 1. The molecule has 1 aromatic heterocycles. The number of aliphatic hydroxyl groups is 1. The van der Waals surface area contributed by atoms with Crippen LogP contribution in [-0.4, -0.2) is 15.9 Å². The summed E-state index contributed by atoms with van der Waals surface area (Å²) in [7, 11) is 0. The first-order valence-corrected chi connectivity index (χ1v) is 9.97. The Morgan fingerprint density at radius 1 is 1.03 bits per heavy atom. The van der Waals surface area contributed by atoms with Crippen LogP contribution in [0.1, 0.15) is 41.5 Å². The molecule has 0 amide bonds. The first-order chi connectivity index (χ1) is 14.3. The number of benzene rings is 2. The van der Waals surface area contributed by atoms with E-state index in [1.54, 1.807) is 12.3 Å². The molecule has 3 aromatic rings. The van der Waals surface area contributed by atoms with E-state index in [2.05, 4.69) is 11.1 Å². The first-order valence-electron chi connectivity index (χ1n) is 9.97. The summed E-state index contributed by atoms with van der Waals surface area (Å²) < 4.78 is 26.7. The van der Waals surface area contributed by atoms with Crippen molar-refractivity contribution >= 4 is 16.7 Å². The molecule has 0 aliphatic rings. The first kappa shape index (κ1) is 27.6. The largest absolute Gasteiger partial charge is 0.512 e. The number of rotatable bonds is 2. The second-order valence-electron chi connectivity index (χ2n) is 9.32. The molecular weight excluding hydrogens is 591 g/mol. The summed E-state index contributed by atoms with van der Waals surface area (Å²) in [5.41, 5.74) is 0.771. The Hall–Kier alpha value is -2.39. The van der Waals surface area contributed by atoms with Gasteiger partial charge in [0, 0.05) is 61.3 Å². The van der Waals surface area contributed by atoms with Crippen LogP contribution in [0.25, 0.3) is 22.0 Å². The second-order valence-corrected chi connectivity index (χ2v) is 9.32. The number of halogens is 2. The number of aliphatic hydroxyl groups excluding tert-OH is 1. The van der Waals surface area contributed by atoms with E-state index < -0.39 is 17.0 Å². The van der Waals surface area contributed by atoms with Gasteiger partial charge in [-0.3, -0.25) is 18.6 Å². The van der Waals surface area contributed by atoms with E-state index in [0.717, 1.165) is 17.5 Å². The number of fused-ring (bicyclic) bond motifs is 1. The molecule has 0 fully saturated rings. The van der Waals surface area contributed by atoms with Crippen LogP contribution in [0.15, 0.2) is 60.5 Å². The molecule has 2 aromatic carbocycles.